The molecule has 12 heteroatoms. The highest BCUT2D eigenvalue weighted by Gasteiger charge is 2.39. The predicted octanol–water partition coefficient (Wildman–Crippen LogP) is 3.15. The lowest BCUT2D eigenvalue weighted by atomic mass is 9.99. The van der Waals surface area contributed by atoms with Crippen LogP contribution in [-0.4, -0.2) is 47.4 Å². The van der Waals surface area contributed by atoms with Gasteiger partial charge >= 0.3 is 12.4 Å². The average Bonchev–Trinajstić information content (AvgIpc) is 2.81. The van der Waals surface area contributed by atoms with Gasteiger partial charge in [-0.05, 0) is 29.8 Å². The topological polar surface area (TPSA) is 74.3 Å². The highest BCUT2D eigenvalue weighted by Crippen LogP contribution is 2.39. The predicted molar refractivity (Wildman–Crippen MR) is 96.0 cm³/mol. The molecule has 1 fully saturated rings. The largest absolute Gasteiger partial charge is 0.416 e. The summed E-state index contributed by atoms with van der Waals surface area (Å²) in [5.41, 5.74) is -3.59. The van der Waals surface area contributed by atoms with Crippen LogP contribution in [0.15, 0.2) is 30.5 Å². The van der Waals surface area contributed by atoms with E-state index in [1.54, 1.807) is 0 Å². The molecule has 2 aromatic rings. The number of alkyl halides is 6. The van der Waals surface area contributed by atoms with Crippen molar-refractivity contribution in [3.63, 3.8) is 0 Å². The minimum atomic E-state index is -5.01. The number of rotatable bonds is 1. The molecule has 2 amide bonds. The number of pyridine rings is 1. The Bertz CT molecular complexity index is 1030. The molecular weight excluding hydrogens is 430 g/mol. The van der Waals surface area contributed by atoms with Crippen molar-refractivity contribution in [2.24, 2.45) is 0 Å². The van der Waals surface area contributed by atoms with Gasteiger partial charge in [-0.15, -0.1) is 0 Å². The van der Waals surface area contributed by atoms with Gasteiger partial charge < -0.3 is 15.5 Å². The third-order valence-electron chi connectivity index (χ3n) is 5.09. The quantitative estimate of drug-likeness (QED) is 0.663. The Morgan fingerprint density at radius 1 is 0.935 bits per heavy atom. The van der Waals surface area contributed by atoms with Gasteiger partial charge in [-0.1, -0.05) is 0 Å². The molecule has 3 heterocycles. The number of benzene rings is 1. The monoisotopic (exact) mass is 444 g/mol. The van der Waals surface area contributed by atoms with E-state index in [1.807, 2.05) is 0 Å². The minimum absolute atomic E-state index is 0.0249. The summed E-state index contributed by atoms with van der Waals surface area (Å²) >= 11 is 0. The van der Waals surface area contributed by atoms with E-state index in [0.29, 0.717) is 18.7 Å². The van der Waals surface area contributed by atoms with Crippen molar-refractivity contribution in [1.29, 1.82) is 0 Å². The van der Waals surface area contributed by atoms with E-state index in [0.717, 1.165) is 12.3 Å². The smallest absolute Gasteiger partial charge is 0.324 e. The van der Waals surface area contributed by atoms with Crippen LogP contribution in [0.5, 0.6) is 0 Å². The molecule has 0 unspecified atom stereocenters. The molecule has 2 aliphatic rings. The van der Waals surface area contributed by atoms with Crippen molar-refractivity contribution in [3.8, 4) is 11.1 Å². The molecule has 31 heavy (non-hydrogen) atoms. The maximum absolute atomic E-state index is 13.2. The number of amides is 2. The summed E-state index contributed by atoms with van der Waals surface area (Å²) in [7, 11) is 0. The van der Waals surface area contributed by atoms with Crippen LogP contribution in [-0.2, 0) is 17.1 Å². The number of hydrogen-bond acceptors (Lipinski definition) is 4. The van der Waals surface area contributed by atoms with Crippen LogP contribution in [0.3, 0.4) is 0 Å². The maximum atomic E-state index is 13.2. The first-order valence-corrected chi connectivity index (χ1v) is 9.07. The fourth-order valence-electron chi connectivity index (χ4n) is 3.54. The van der Waals surface area contributed by atoms with Crippen molar-refractivity contribution in [1.82, 2.24) is 15.2 Å². The zero-order chi connectivity index (χ0) is 22.6. The summed E-state index contributed by atoms with van der Waals surface area (Å²) in [6.07, 6.45) is -9.00. The first-order chi connectivity index (χ1) is 14.4. The van der Waals surface area contributed by atoms with E-state index >= 15 is 0 Å². The van der Waals surface area contributed by atoms with Gasteiger partial charge in [0.25, 0.3) is 5.91 Å². The molecule has 0 radical (unpaired) electrons. The molecule has 0 aliphatic carbocycles. The molecule has 0 bridgehead atoms. The number of aromatic nitrogens is 1. The third kappa shape index (κ3) is 3.94. The highest BCUT2D eigenvalue weighted by molar-refractivity contribution is 6.09. The summed E-state index contributed by atoms with van der Waals surface area (Å²) in [5.74, 6) is -1.17. The molecule has 164 valence electrons. The second-order valence-electron chi connectivity index (χ2n) is 7.12. The van der Waals surface area contributed by atoms with Gasteiger partial charge in [0.1, 0.15) is 11.9 Å². The second-order valence-corrected chi connectivity index (χ2v) is 7.12. The zero-order valence-electron chi connectivity index (χ0n) is 15.6. The van der Waals surface area contributed by atoms with Gasteiger partial charge in [-0.3, -0.25) is 9.59 Å². The number of halogens is 6. The van der Waals surface area contributed by atoms with Crippen molar-refractivity contribution in [2.45, 2.75) is 18.4 Å². The van der Waals surface area contributed by atoms with Crippen molar-refractivity contribution >= 4 is 17.6 Å². The fraction of sp³-hybridized carbons (Fsp3) is 0.316. The van der Waals surface area contributed by atoms with Crippen molar-refractivity contribution < 1.29 is 35.9 Å². The standard InChI is InChI=1S/C19H14F6N4O2/c20-18(21,22)11-3-9(4-12(6-11)19(23,24)25)10-5-13-15(27-7-10)28-16(30)14-8-26-1-2-29(14)17(13)31/h3-7,14,26H,1-2,8H2,(H,27,28,30)/t14-/m0/s1. The zero-order valence-corrected chi connectivity index (χ0v) is 15.6. The van der Waals surface area contributed by atoms with Crippen molar-refractivity contribution in [2.75, 3.05) is 25.0 Å². The molecule has 0 spiro atoms. The lowest BCUT2D eigenvalue weighted by Gasteiger charge is -2.33. The van der Waals surface area contributed by atoms with E-state index in [2.05, 4.69) is 15.6 Å². The van der Waals surface area contributed by atoms with Crippen molar-refractivity contribution in [3.05, 3.63) is 47.2 Å². The number of nitrogens with zero attached hydrogens (tertiary/aromatic N) is 2. The Morgan fingerprint density at radius 3 is 2.19 bits per heavy atom. The maximum Gasteiger partial charge on any atom is 0.416 e. The van der Waals surface area contributed by atoms with E-state index in [4.69, 9.17) is 0 Å². The van der Waals surface area contributed by atoms with E-state index in [1.165, 1.54) is 4.90 Å². The average molecular weight is 444 g/mol. The summed E-state index contributed by atoms with van der Waals surface area (Å²) in [6.45, 7) is 0.851. The normalized spacial score (nSPS) is 19.4. The van der Waals surface area contributed by atoms with Crippen LogP contribution in [0, 0.1) is 0 Å². The number of hydrogen-bond donors (Lipinski definition) is 2. The molecule has 1 aromatic carbocycles. The fourth-order valence-corrected chi connectivity index (χ4v) is 3.54. The molecule has 2 aliphatic heterocycles. The molecule has 6 nitrogen and oxygen atoms in total. The van der Waals surface area contributed by atoms with Crippen LogP contribution < -0.4 is 10.6 Å². The third-order valence-corrected chi connectivity index (χ3v) is 5.09. The number of fused-ring (bicyclic) bond motifs is 2. The number of nitrogens with one attached hydrogen (secondary N) is 2. The van der Waals surface area contributed by atoms with Gasteiger partial charge in [0.05, 0.1) is 16.7 Å². The lowest BCUT2D eigenvalue weighted by Crippen LogP contribution is -2.57. The summed E-state index contributed by atoms with van der Waals surface area (Å²) < 4.78 is 79.0. The second kappa shape index (κ2) is 7.22. The Kier molecular flexibility index (Phi) is 4.91. The van der Waals surface area contributed by atoms with Crippen LogP contribution in [0.1, 0.15) is 21.5 Å². The summed E-state index contributed by atoms with van der Waals surface area (Å²) in [6, 6.07) is 1.49. The van der Waals surface area contributed by atoms with Gasteiger partial charge in [-0.25, -0.2) is 4.98 Å². The Balaban J connectivity index is 1.83. The van der Waals surface area contributed by atoms with Gasteiger partial charge in [0.15, 0.2) is 0 Å². The van der Waals surface area contributed by atoms with Crippen LogP contribution >= 0.6 is 0 Å². The Morgan fingerprint density at radius 2 is 1.58 bits per heavy atom. The minimum Gasteiger partial charge on any atom is -0.324 e. The summed E-state index contributed by atoms with van der Waals surface area (Å²) in [5, 5.41) is 5.47. The van der Waals surface area contributed by atoms with Crippen LogP contribution in [0.25, 0.3) is 11.1 Å². The highest BCUT2D eigenvalue weighted by atomic mass is 19.4. The molecule has 1 aromatic heterocycles. The first-order valence-electron chi connectivity index (χ1n) is 9.07. The Hall–Kier alpha value is -3.15. The molecule has 1 atom stereocenters. The molecule has 2 N–H and O–H groups in total. The number of piperazine rings is 1. The van der Waals surface area contributed by atoms with E-state index in [9.17, 15) is 35.9 Å². The SMILES string of the molecule is O=C1Nc2ncc(-c3cc(C(F)(F)F)cc(C(F)(F)F)c3)cc2C(=O)N2CCNC[C@@H]12. The number of carbonyl (C=O) groups is 2. The van der Waals surface area contributed by atoms with E-state index in [-0.39, 0.29) is 36.1 Å². The molecular formula is C19H14F6N4O2. The van der Waals surface area contributed by atoms with Gasteiger partial charge in [-0.2, -0.15) is 26.3 Å². The first kappa shape index (κ1) is 21.1. The lowest BCUT2D eigenvalue weighted by molar-refractivity contribution is -0.143. The molecule has 4 rings (SSSR count). The number of carbonyl (C=O) groups excluding carboxylic acids is 2. The molecule has 1 saturated heterocycles. The van der Waals surface area contributed by atoms with Gasteiger partial charge in [0.2, 0.25) is 5.91 Å². The molecule has 0 saturated carbocycles. The Labute approximate surface area is 171 Å². The van der Waals surface area contributed by atoms with Crippen LogP contribution in [0.4, 0.5) is 32.2 Å². The van der Waals surface area contributed by atoms with Crippen LogP contribution in [0.2, 0.25) is 0 Å². The number of anilines is 1. The van der Waals surface area contributed by atoms with Gasteiger partial charge in [0, 0.05) is 31.4 Å². The van der Waals surface area contributed by atoms with E-state index < -0.39 is 46.9 Å². The summed E-state index contributed by atoms with van der Waals surface area (Å²) in [4.78, 5) is 30.6.